The zero-order chi connectivity index (χ0) is 32.6. The van der Waals surface area contributed by atoms with E-state index in [2.05, 4.69) is 115 Å². The Labute approximate surface area is 288 Å². The molecular formula is C45H29N3S. The standard InChI is InChI=1S/C45H29N3S/c1-5-14-30(15-6-1)34-24-25-41-39(27-34)40-29-37(31-16-7-2-8-17-31)28-38(42(40)49-41)35-22-13-23-36(26-35)45-47-43(32-18-9-3-10-19-32)46-44(48-45)33-20-11-4-12-21-33/h1-29H. The Morgan fingerprint density at radius 2 is 0.776 bits per heavy atom. The zero-order valence-corrected chi connectivity index (χ0v) is 27.3. The van der Waals surface area contributed by atoms with Crippen molar-refractivity contribution in [3.05, 3.63) is 176 Å². The maximum absolute atomic E-state index is 5.02. The quantitative estimate of drug-likeness (QED) is 0.181. The Morgan fingerprint density at radius 3 is 1.37 bits per heavy atom. The first-order valence-electron chi connectivity index (χ1n) is 16.4. The fourth-order valence-electron chi connectivity index (χ4n) is 6.46. The Bertz CT molecular complexity index is 2520. The van der Waals surface area contributed by atoms with Crippen LogP contribution in [-0.2, 0) is 0 Å². The van der Waals surface area contributed by atoms with Gasteiger partial charge in [0.2, 0.25) is 0 Å². The normalized spacial score (nSPS) is 11.3. The number of rotatable bonds is 6. The molecule has 9 aromatic rings. The Balaban J connectivity index is 1.24. The molecule has 0 spiro atoms. The van der Waals surface area contributed by atoms with E-state index in [9.17, 15) is 0 Å². The van der Waals surface area contributed by atoms with Crippen molar-refractivity contribution >= 4 is 31.5 Å². The molecule has 230 valence electrons. The molecule has 0 aliphatic carbocycles. The van der Waals surface area contributed by atoms with Gasteiger partial charge in [0.15, 0.2) is 17.5 Å². The molecule has 3 nitrogen and oxygen atoms in total. The molecule has 0 saturated carbocycles. The number of aromatic nitrogens is 3. The number of nitrogens with zero attached hydrogens (tertiary/aromatic N) is 3. The van der Waals surface area contributed by atoms with Crippen LogP contribution in [0.4, 0.5) is 0 Å². The molecule has 0 amide bonds. The van der Waals surface area contributed by atoms with E-state index in [0.29, 0.717) is 17.5 Å². The Morgan fingerprint density at radius 1 is 0.306 bits per heavy atom. The highest BCUT2D eigenvalue weighted by molar-refractivity contribution is 7.26. The van der Waals surface area contributed by atoms with Gasteiger partial charge in [-0.15, -0.1) is 11.3 Å². The van der Waals surface area contributed by atoms with Crippen molar-refractivity contribution in [1.82, 2.24) is 15.0 Å². The van der Waals surface area contributed by atoms with Crippen molar-refractivity contribution in [3.63, 3.8) is 0 Å². The second-order valence-electron chi connectivity index (χ2n) is 12.1. The van der Waals surface area contributed by atoms with Crippen LogP contribution in [0.5, 0.6) is 0 Å². The van der Waals surface area contributed by atoms with E-state index in [-0.39, 0.29) is 0 Å². The number of thiophene rings is 1. The molecule has 0 bridgehead atoms. The second-order valence-corrected chi connectivity index (χ2v) is 13.1. The van der Waals surface area contributed by atoms with Crippen molar-refractivity contribution in [2.75, 3.05) is 0 Å². The van der Waals surface area contributed by atoms with Gasteiger partial charge in [-0.05, 0) is 58.1 Å². The highest BCUT2D eigenvalue weighted by atomic mass is 32.1. The topological polar surface area (TPSA) is 38.7 Å². The lowest BCUT2D eigenvalue weighted by molar-refractivity contribution is 1.07. The Hall–Kier alpha value is -6.23. The summed E-state index contributed by atoms with van der Waals surface area (Å²) in [6, 6.07) is 61.7. The van der Waals surface area contributed by atoms with E-state index < -0.39 is 0 Å². The molecule has 7 aromatic carbocycles. The molecule has 0 atom stereocenters. The van der Waals surface area contributed by atoms with Gasteiger partial charge in [0, 0.05) is 42.4 Å². The van der Waals surface area contributed by atoms with Gasteiger partial charge in [-0.25, -0.2) is 15.0 Å². The summed E-state index contributed by atoms with van der Waals surface area (Å²) in [7, 11) is 0. The van der Waals surface area contributed by atoms with Crippen LogP contribution in [0.3, 0.4) is 0 Å². The van der Waals surface area contributed by atoms with Crippen molar-refractivity contribution in [3.8, 4) is 67.5 Å². The summed E-state index contributed by atoms with van der Waals surface area (Å²) in [5.41, 5.74) is 10.00. The van der Waals surface area contributed by atoms with Crippen molar-refractivity contribution < 1.29 is 0 Å². The van der Waals surface area contributed by atoms with Crippen LogP contribution in [0.25, 0.3) is 87.7 Å². The lowest BCUT2D eigenvalue weighted by Crippen LogP contribution is -2.00. The van der Waals surface area contributed by atoms with Gasteiger partial charge < -0.3 is 0 Å². The van der Waals surface area contributed by atoms with Gasteiger partial charge in [-0.3, -0.25) is 0 Å². The van der Waals surface area contributed by atoms with Crippen LogP contribution in [0.15, 0.2) is 176 Å². The van der Waals surface area contributed by atoms with Gasteiger partial charge in [0.1, 0.15) is 0 Å². The number of fused-ring (bicyclic) bond motifs is 3. The van der Waals surface area contributed by atoms with Crippen molar-refractivity contribution in [2.45, 2.75) is 0 Å². The van der Waals surface area contributed by atoms with E-state index in [1.165, 1.54) is 48.0 Å². The molecule has 0 aliphatic rings. The number of hydrogen-bond acceptors (Lipinski definition) is 4. The zero-order valence-electron chi connectivity index (χ0n) is 26.5. The molecular weight excluding hydrogens is 615 g/mol. The minimum Gasteiger partial charge on any atom is -0.208 e. The molecule has 0 fully saturated rings. The number of benzene rings is 7. The summed E-state index contributed by atoms with van der Waals surface area (Å²) in [5, 5.41) is 2.53. The Kier molecular flexibility index (Phi) is 7.34. The van der Waals surface area contributed by atoms with Gasteiger partial charge in [-0.1, -0.05) is 146 Å². The highest BCUT2D eigenvalue weighted by Crippen LogP contribution is 2.44. The molecule has 2 aromatic heterocycles. The first-order chi connectivity index (χ1) is 24.3. The van der Waals surface area contributed by atoms with E-state index >= 15 is 0 Å². The summed E-state index contributed by atoms with van der Waals surface area (Å²) < 4.78 is 2.54. The van der Waals surface area contributed by atoms with E-state index in [1.807, 2.05) is 72.0 Å². The predicted octanol–water partition coefficient (Wildman–Crippen LogP) is 12.2. The lowest BCUT2D eigenvalue weighted by Gasteiger charge is -2.12. The second kappa shape index (κ2) is 12.4. The van der Waals surface area contributed by atoms with E-state index in [4.69, 9.17) is 15.0 Å². The minimum absolute atomic E-state index is 0.647. The minimum atomic E-state index is 0.647. The fourth-order valence-corrected chi connectivity index (χ4v) is 7.66. The summed E-state index contributed by atoms with van der Waals surface area (Å²) in [6.07, 6.45) is 0. The highest BCUT2D eigenvalue weighted by Gasteiger charge is 2.17. The van der Waals surface area contributed by atoms with Gasteiger partial charge in [0.05, 0.1) is 0 Å². The largest absolute Gasteiger partial charge is 0.208 e. The smallest absolute Gasteiger partial charge is 0.164 e. The van der Waals surface area contributed by atoms with Crippen molar-refractivity contribution in [2.24, 2.45) is 0 Å². The third-order valence-corrected chi connectivity index (χ3v) is 10.1. The first-order valence-corrected chi connectivity index (χ1v) is 17.2. The molecule has 0 saturated heterocycles. The summed E-state index contributed by atoms with van der Waals surface area (Å²) in [5.74, 6) is 1.96. The van der Waals surface area contributed by atoms with Gasteiger partial charge in [-0.2, -0.15) is 0 Å². The average molecular weight is 644 g/mol. The number of hydrogen-bond donors (Lipinski definition) is 0. The summed E-state index contributed by atoms with van der Waals surface area (Å²) in [4.78, 5) is 14.9. The molecule has 49 heavy (non-hydrogen) atoms. The van der Waals surface area contributed by atoms with E-state index in [1.54, 1.807) is 0 Å². The lowest BCUT2D eigenvalue weighted by atomic mass is 9.94. The molecule has 0 N–H and O–H groups in total. The molecule has 0 aliphatic heterocycles. The fraction of sp³-hybridized carbons (Fsp3) is 0. The molecule has 0 unspecified atom stereocenters. The maximum Gasteiger partial charge on any atom is 0.164 e. The average Bonchev–Trinajstić information content (AvgIpc) is 3.57. The molecule has 9 rings (SSSR count). The van der Waals surface area contributed by atoms with Gasteiger partial charge in [0.25, 0.3) is 0 Å². The van der Waals surface area contributed by atoms with Crippen molar-refractivity contribution in [1.29, 1.82) is 0 Å². The van der Waals surface area contributed by atoms with Gasteiger partial charge >= 0.3 is 0 Å². The van der Waals surface area contributed by atoms with Crippen LogP contribution in [0, 0.1) is 0 Å². The third-order valence-electron chi connectivity index (χ3n) is 8.92. The summed E-state index contributed by atoms with van der Waals surface area (Å²) >= 11 is 1.85. The van der Waals surface area contributed by atoms with Crippen LogP contribution >= 0.6 is 11.3 Å². The van der Waals surface area contributed by atoms with Crippen LogP contribution < -0.4 is 0 Å². The molecule has 0 radical (unpaired) electrons. The first kappa shape index (κ1) is 29.0. The third kappa shape index (κ3) is 5.58. The van der Waals surface area contributed by atoms with Crippen LogP contribution in [0.1, 0.15) is 0 Å². The SMILES string of the molecule is c1ccc(-c2ccc3sc4c(-c5cccc(-c6nc(-c7ccccc7)nc(-c7ccccc7)n6)c5)cc(-c5ccccc5)cc4c3c2)cc1. The predicted molar refractivity (Wildman–Crippen MR) is 205 cm³/mol. The molecule has 4 heteroatoms. The van der Waals surface area contributed by atoms with Crippen LogP contribution in [-0.4, -0.2) is 15.0 Å². The maximum atomic E-state index is 5.02. The van der Waals surface area contributed by atoms with E-state index in [0.717, 1.165) is 22.3 Å². The summed E-state index contributed by atoms with van der Waals surface area (Å²) in [6.45, 7) is 0. The monoisotopic (exact) mass is 643 g/mol. The molecule has 2 heterocycles. The van der Waals surface area contributed by atoms with Crippen LogP contribution in [0.2, 0.25) is 0 Å².